The SMILES string of the molecule is CCCOc1cc(C(=O)Nc2nn[nH]n2)nc(-c2ccc(N)cc2)c1.[H-].[Na+]. The minimum absolute atomic E-state index is 0. The summed E-state index contributed by atoms with van der Waals surface area (Å²) in [7, 11) is 0. The molecular formula is C16H18N7NaO2. The molecular weight excluding hydrogens is 345 g/mol. The number of hydrogen-bond donors (Lipinski definition) is 3. The predicted molar refractivity (Wildman–Crippen MR) is 93.1 cm³/mol. The molecule has 0 aliphatic carbocycles. The molecule has 9 nitrogen and oxygen atoms in total. The standard InChI is InChI=1S/C16H17N7O2.Na.H/c1-2-7-25-12-8-13(10-3-5-11(17)6-4-10)18-14(9-12)15(24)19-16-20-22-23-21-16;;/h3-6,8-9H,2,7,17H2,1H3,(H2,19,20,21,22,23,24);;/q;+1;-1. The number of nitrogen functional groups attached to an aromatic ring is 1. The Kier molecular flexibility index (Phi) is 7.07. The second kappa shape index (κ2) is 9.27. The zero-order valence-corrected chi connectivity index (χ0v) is 16.6. The molecule has 0 atom stereocenters. The third-order valence-electron chi connectivity index (χ3n) is 3.28. The Morgan fingerprint density at radius 1 is 1.31 bits per heavy atom. The van der Waals surface area contributed by atoms with Crippen molar-refractivity contribution >= 4 is 17.5 Å². The number of aromatic amines is 1. The average molecular weight is 363 g/mol. The second-order valence-corrected chi connectivity index (χ2v) is 5.23. The average Bonchev–Trinajstić information content (AvgIpc) is 3.13. The van der Waals surface area contributed by atoms with E-state index >= 15 is 0 Å². The number of H-pyrrole nitrogens is 1. The zero-order chi connectivity index (χ0) is 17.6. The van der Waals surface area contributed by atoms with Gasteiger partial charge in [0, 0.05) is 23.4 Å². The smallest absolute Gasteiger partial charge is 1.00 e. The van der Waals surface area contributed by atoms with Gasteiger partial charge in [0.15, 0.2) is 0 Å². The third-order valence-corrected chi connectivity index (χ3v) is 3.28. The van der Waals surface area contributed by atoms with Gasteiger partial charge in [0.1, 0.15) is 11.4 Å². The molecule has 26 heavy (non-hydrogen) atoms. The van der Waals surface area contributed by atoms with Crippen molar-refractivity contribution in [3.63, 3.8) is 0 Å². The Hall–Kier alpha value is -2.49. The number of carbonyl (C=O) groups is 1. The number of ether oxygens (including phenoxy) is 1. The summed E-state index contributed by atoms with van der Waals surface area (Å²) in [5, 5.41) is 15.6. The predicted octanol–water partition coefficient (Wildman–Crippen LogP) is -0.998. The van der Waals surface area contributed by atoms with E-state index in [9.17, 15) is 4.79 Å². The normalized spacial score (nSPS) is 10.0. The molecule has 0 aliphatic rings. The summed E-state index contributed by atoms with van der Waals surface area (Å²) < 4.78 is 5.67. The van der Waals surface area contributed by atoms with Crippen molar-refractivity contribution in [1.29, 1.82) is 0 Å². The van der Waals surface area contributed by atoms with Gasteiger partial charge in [-0.05, 0) is 23.8 Å². The van der Waals surface area contributed by atoms with Crippen LogP contribution in [0.4, 0.5) is 11.6 Å². The minimum Gasteiger partial charge on any atom is -1.00 e. The Labute approximate surface area is 173 Å². The molecule has 0 spiro atoms. The molecule has 0 radical (unpaired) electrons. The number of rotatable bonds is 6. The van der Waals surface area contributed by atoms with Crippen molar-refractivity contribution < 1.29 is 40.5 Å². The Balaban J connectivity index is 0.00000182. The molecule has 4 N–H and O–H groups in total. The summed E-state index contributed by atoms with van der Waals surface area (Å²) in [5.74, 6) is 0.169. The van der Waals surface area contributed by atoms with Gasteiger partial charge in [-0.15, -0.1) is 5.10 Å². The van der Waals surface area contributed by atoms with E-state index in [-0.39, 0.29) is 42.6 Å². The molecule has 0 saturated heterocycles. The summed E-state index contributed by atoms with van der Waals surface area (Å²) in [6, 6.07) is 10.6. The first kappa shape index (κ1) is 19.8. The minimum atomic E-state index is -0.458. The number of tetrazole rings is 1. The van der Waals surface area contributed by atoms with Gasteiger partial charge in [-0.3, -0.25) is 10.1 Å². The first-order valence-corrected chi connectivity index (χ1v) is 7.71. The number of anilines is 2. The largest absolute Gasteiger partial charge is 1.00 e. The van der Waals surface area contributed by atoms with Gasteiger partial charge in [0.25, 0.3) is 11.9 Å². The van der Waals surface area contributed by atoms with Crippen molar-refractivity contribution in [2.45, 2.75) is 13.3 Å². The van der Waals surface area contributed by atoms with Gasteiger partial charge in [0.05, 0.1) is 12.3 Å². The van der Waals surface area contributed by atoms with Crippen LogP contribution in [0.2, 0.25) is 0 Å². The van der Waals surface area contributed by atoms with E-state index in [1.807, 2.05) is 19.1 Å². The van der Waals surface area contributed by atoms with Crippen molar-refractivity contribution in [3.8, 4) is 17.0 Å². The maximum Gasteiger partial charge on any atom is 1.00 e. The molecule has 0 unspecified atom stereocenters. The van der Waals surface area contributed by atoms with Crippen LogP contribution in [-0.2, 0) is 0 Å². The fraction of sp³-hybridized carbons (Fsp3) is 0.188. The molecule has 130 valence electrons. The van der Waals surface area contributed by atoms with Gasteiger partial charge in [-0.25, -0.2) is 4.98 Å². The van der Waals surface area contributed by atoms with Crippen LogP contribution in [0.3, 0.4) is 0 Å². The fourth-order valence-electron chi connectivity index (χ4n) is 2.11. The monoisotopic (exact) mass is 363 g/mol. The summed E-state index contributed by atoms with van der Waals surface area (Å²) in [5.41, 5.74) is 7.99. The van der Waals surface area contributed by atoms with Crippen LogP contribution in [-0.4, -0.2) is 38.1 Å². The molecule has 0 fully saturated rings. The Morgan fingerprint density at radius 3 is 2.73 bits per heavy atom. The molecule has 3 rings (SSSR count). The summed E-state index contributed by atoms with van der Waals surface area (Å²) in [4.78, 5) is 16.8. The van der Waals surface area contributed by atoms with Crippen LogP contribution in [0.25, 0.3) is 11.3 Å². The van der Waals surface area contributed by atoms with Gasteiger partial charge < -0.3 is 11.9 Å². The number of amides is 1. The molecule has 0 bridgehead atoms. The maximum atomic E-state index is 12.4. The van der Waals surface area contributed by atoms with Gasteiger partial charge in [-0.2, -0.15) is 5.21 Å². The maximum absolute atomic E-state index is 12.4. The molecule has 3 aromatic rings. The molecule has 10 heteroatoms. The number of hydrogen-bond acceptors (Lipinski definition) is 7. The van der Waals surface area contributed by atoms with Crippen molar-refractivity contribution in [2.75, 3.05) is 17.7 Å². The number of aromatic nitrogens is 5. The molecule has 0 aliphatic heterocycles. The van der Waals surface area contributed by atoms with Crippen LogP contribution in [0.15, 0.2) is 36.4 Å². The van der Waals surface area contributed by atoms with E-state index in [1.54, 1.807) is 24.3 Å². The summed E-state index contributed by atoms with van der Waals surface area (Å²) in [6.45, 7) is 2.54. The van der Waals surface area contributed by atoms with Gasteiger partial charge in [-0.1, -0.05) is 24.2 Å². The topological polar surface area (TPSA) is 132 Å². The summed E-state index contributed by atoms with van der Waals surface area (Å²) in [6.07, 6.45) is 0.851. The number of carbonyl (C=O) groups excluding carboxylic acids is 1. The number of nitrogens with one attached hydrogen (secondary N) is 2. The van der Waals surface area contributed by atoms with Gasteiger partial charge in [0.2, 0.25) is 0 Å². The van der Waals surface area contributed by atoms with E-state index in [4.69, 9.17) is 10.5 Å². The zero-order valence-electron chi connectivity index (χ0n) is 15.6. The first-order chi connectivity index (χ1) is 12.2. The summed E-state index contributed by atoms with van der Waals surface area (Å²) >= 11 is 0. The van der Waals surface area contributed by atoms with E-state index in [1.165, 1.54) is 0 Å². The molecule has 1 amide bonds. The number of nitrogens with two attached hydrogens (primary N) is 1. The first-order valence-electron chi connectivity index (χ1n) is 7.71. The van der Waals surface area contributed by atoms with E-state index in [2.05, 4.69) is 30.9 Å². The van der Waals surface area contributed by atoms with E-state index in [0.717, 1.165) is 12.0 Å². The Bertz CT molecular complexity index is 860. The molecule has 2 aromatic heterocycles. The van der Waals surface area contributed by atoms with Crippen LogP contribution < -0.4 is 45.3 Å². The van der Waals surface area contributed by atoms with Crippen molar-refractivity contribution in [3.05, 3.63) is 42.1 Å². The Morgan fingerprint density at radius 2 is 2.08 bits per heavy atom. The molecule has 0 saturated carbocycles. The van der Waals surface area contributed by atoms with Crippen molar-refractivity contribution in [1.82, 2.24) is 25.6 Å². The van der Waals surface area contributed by atoms with Crippen LogP contribution in [0, 0.1) is 0 Å². The number of pyridine rings is 1. The fourth-order valence-corrected chi connectivity index (χ4v) is 2.11. The van der Waals surface area contributed by atoms with Crippen molar-refractivity contribution in [2.24, 2.45) is 0 Å². The van der Waals surface area contributed by atoms with E-state index in [0.29, 0.717) is 23.7 Å². The molecule has 1 aromatic carbocycles. The van der Waals surface area contributed by atoms with Gasteiger partial charge >= 0.3 is 29.6 Å². The van der Waals surface area contributed by atoms with E-state index < -0.39 is 5.91 Å². The van der Waals surface area contributed by atoms with Crippen LogP contribution in [0.5, 0.6) is 5.75 Å². The van der Waals surface area contributed by atoms with Crippen LogP contribution in [0.1, 0.15) is 25.3 Å². The third kappa shape index (κ3) is 5.01. The number of benzene rings is 1. The van der Waals surface area contributed by atoms with Crippen LogP contribution >= 0.6 is 0 Å². The number of nitrogens with zero attached hydrogens (tertiary/aromatic N) is 4. The second-order valence-electron chi connectivity index (χ2n) is 5.23. The molecule has 2 heterocycles. The quantitative estimate of drug-likeness (QED) is 0.378.